The molecular weight excluding hydrogens is 328 g/mol. The highest BCUT2D eigenvalue weighted by Gasteiger charge is 2.04. The summed E-state index contributed by atoms with van der Waals surface area (Å²) < 4.78 is 0.637. The maximum Gasteiger partial charge on any atom is 0.129 e. The second-order valence-corrected chi connectivity index (χ2v) is 5.23. The number of nitriles is 1. The fraction of sp³-hybridized carbons (Fsp3) is 0.0714. The number of hydrogen-bond acceptors (Lipinski definition) is 3. The number of benzene rings is 2. The Bertz CT molecular complexity index is 652. The van der Waals surface area contributed by atoms with Crippen molar-refractivity contribution in [3.8, 4) is 11.8 Å². The number of rotatable bonds is 3. The Morgan fingerprint density at radius 2 is 2.05 bits per heavy atom. The highest BCUT2D eigenvalue weighted by molar-refractivity contribution is 9.10. The molecule has 0 aromatic heterocycles. The minimum atomic E-state index is 0.198. The summed E-state index contributed by atoms with van der Waals surface area (Å²) in [6.45, 7) is 0.536. The van der Waals surface area contributed by atoms with Crippen molar-refractivity contribution in [2.75, 3.05) is 5.32 Å². The van der Waals surface area contributed by atoms with Gasteiger partial charge in [0.05, 0.1) is 15.7 Å². The van der Waals surface area contributed by atoms with E-state index in [1.54, 1.807) is 24.3 Å². The smallest absolute Gasteiger partial charge is 0.129 e. The predicted octanol–water partition coefficient (Wildman–Crippen LogP) is 4.29. The highest BCUT2D eigenvalue weighted by Crippen LogP contribution is 2.25. The Hall–Kier alpha value is -1.70. The van der Waals surface area contributed by atoms with E-state index in [-0.39, 0.29) is 5.75 Å². The standard InChI is InChI=1S/C14H10BrClN2O/c15-12-5-9(1-4-14(12)19)8-18-13-6-11(16)3-2-10(13)7-17/h1-6,18-19H,8H2. The first-order valence-electron chi connectivity index (χ1n) is 5.51. The summed E-state index contributed by atoms with van der Waals surface area (Å²) in [5, 5.41) is 22.2. The van der Waals surface area contributed by atoms with Crippen molar-refractivity contribution in [1.29, 1.82) is 5.26 Å². The van der Waals surface area contributed by atoms with Gasteiger partial charge in [-0.1, -0.05) is 17.7 Å². The van der Waals surface area contributed by atoms with Gasteiger partial charge in [0.2, 0.25) is 0 Å². The first kappa shape index (κ1) is 13.7. The monoisotopic (exact) mass is 336 g/mol. The summed E-state index contributed by atoms with van der Waals surface area (Å²) in [6, 6.07) is 12.4. The molecule has 0 saturated carbocycles. The van der Waals surface area contributed by atoms with Crippen molar-refractivity contribution in [2.45, 2.75) is 6.54 Å². The van der Waals surface area contributed by atoms with Crippen molar-refractivity contribution in [3.63, 3.8) is 0 Å². The average Bonchev–Trinajstić information content (AvgIpc) is 2.40. The Kier molecular flexibility index (Phi) is 4.31. The fourth-order valence-corrected chi connectivity index (χ4v) is 2.22. The Morgan fingerprint density at radius 1 is 1.26 bits per heavy atom. The van der Waals surface area contributed by atoms with Crippen LogP contribution in [0.5, 0.6) is 5.75 Å². The zero-order valence-electron chi connectivity index (χ0n) is 9.82. The SMILES string of the molecule is N#Cc1ccc(Cl)cc1NCc1ccc(O)c(Br)c1. The summed E-state index contributed by atoms with van der Waals surface area (Å²) >= 11 is 9.17. The largest absolute Gasteiger partial charge is 0.507 e. The molecule has 0 amide bonds. The van der Waals surface area contributed by atoms with Gasteiger partial charge >= 0.3 is 0 Å². The molecule has 2 aromatic rings. The second-order valence-electron chi connectivity index (χ2n) is 3.94. The molecule has 0 spiro atoms. The quantitative estimate of drug-likeness (QED) is 0.878. The van der Waals surface area contributed by atoms with Crippen LogP contribution in [0.15, 0.2) is 40.9 Å². The Morgan fingerprint density at radius 3 is 2.74 bits per heavy atom. The van der Waals surface area contributed by atoms with Crippen molar-refractivity contribution in [3.05, 3.63) is 57.0 Å². The molecule has 0 aliphatic carbocycles. The Balaban J connectivity index is 2.16. The fourth-order valence-electron chi connectivity index (χ4n) is 1.62. The molecule has 0 atom stereocenters. The van der Waals surface area contributed by atoms with Crippen molar-refractivity contribution in [1.82, 2.24) is 0 Å². The van der Waals surface area contributed by atoms with Crippen LogP contribution in [0, 0.1) is 11.3 Å². The van der Waals surface area contributed by atoms with E-state index in [1.807, 2.05) is 12.1 Å². The van der Waals surface area contributed by atoms with E-state index < -0.39 is 0 Å². The summed E-state index contributed by atoms with van der Waals surface area (Å²) in [5.74, 6) is 0.198. The number of nitrogens with one attached hydrogen (secondary N) is 1. The molecule has 0 heterocycles. The van der Waals surface area contributed by atoms with Gasteiger partial charge in [0.1, 0.15) is 11.8 Å². The van der Waals surface area contributed by atoms with E-state index >= 15 is 0 Å². The lowest BCUT2D eigenvalue weighted by Crippen LogP contribution is -2.01. The molecule has 0 fully saturated rings. The topological polar surface area (TPSA) is 56.0 Å². The molecule has 0 radical (unpaired) electrons. The van der Waals surface area contributed by atoms with Crippen LogP contribution in [0.1, 0.15) is 11.1 Å². The van der Waals surface area contributed by atoms with Gasteiger partial charge < -0.3 is 10.4 Å². The molecule has 0 aliphatic heterocycles. The molecule has 2 aromatic carbocycles. The molecule has 0 bridgehead atoms. The lowest BCUT2D eigenvalue weighted by atomic mass is 10.1. The molecule has 0 saturated heterocycles. The van der Waals surface area contributed by atoms with Crippen LogP contribution in [0.4, 0.5) is 5.69 Å². The lowest BCUT2D eigenvalue weighted by molar-refractivity contribution is 0.471. The van der Waals surface area contributed by atoms with Crippen LogP contribution in [0.2, 0.25) is 5.02 Å². The number of anilines is 1. The third-order valence-electron chi connectivity index (χ3n) is 2.60. The molecule has 0 unspecified atom stereocenters. The van der Waals surface area contributed by atoms with Gasteiger partial charge in [-0.2, -0.15) is 5.26 Å². The summed E-state index contributed by atoms with van der Waals surface area (Å²) in [5.41, 5.74) is 2.22. The van der Waals surface area contributed by atoms with Crippen molar-refractivity contribution in [2.24, 2.45) is 0 Å². The molecule has 5 heteroatoms. The van der Waals surface area contributed by atoms with Crippen LogP contribution in [0.25, 0.3) is 0 Å². The van der Waals surface area contributed by atoms with Crippen LogP contribution >= 0.6 is 27.5 Å². The van der Waals surface area contributed by atoms with Crippen LogP contribution in [-0.4, -0.2) is 5.11 Å². The van der Waals surface area contributed by atoms with Crippen molar-refractivity contribution >= 4 is 33.2 Å². The predicted molar refractivity (Wildman–Crippen MR) is 79.3 cm³/mol. The summed E-state index contributed by atoms with van der Waals surface area (Å²) in [6.07, 6.45) is 0. The van der Waals surface area contributed by atoms with E-state index in [4.69, 9.17) is 16.9 Å². The van der Waals surface area contributed by atoms with Gasteiger partial charge in [-0.05, 0) is 51.8 Å². The number of phenols is 1. The molecule has 19 heavy (non-hydrogen) atoms. The Labute approximate surface area is 124 Å². The zero-order valence-corrected chi connectivity index (χ0v) is 12.2. The highest BCUT2D eigenvalue weighted by atomic mass is 79.9. The summed E-state index contributed by atoms with van der Waals surface area (Å²) in [4.78, 5) is 0. The average molecular weight is 338 g/mol. The number of aromatic hydroxyl groups is 1. The van der Waals surface area contributed by atoms with E-state index in [0.717, 1.165) is 5.56 Å². The summed E-state index contributed by atoms with van der Waals surface area (Å²) in [7, 11) is 0. The second kappa shape index (κ2) is 5.96. The molecule has 2 N–H and O–H groups in total. The van der Waals surface area contributed by atoms with Gasteiger partial charge in [0.25, 0.3) is 0 Å². The zero-order chi connectivity index (χ0) is 13.8. The van der Waals surface area contributed by atoms with E-state index in [2.05, 4.69) is 27.3 Å². The number of nitrogens with zero attached hydrogens (tertiary/aromatic N) is 1. The van der Waals surface area contributed by atoms with Crippen LogP contribution < -0.4 is 5.32 Å². The first-order chi connectivity index (χ1) is 9.10. The maximum absolute atomic E-state index is 9.42. The molecule has 3 nitrogen and oxygen atoms in total. The normalized spacial score (nSPS) is 9.95. The van der Waals surface area contributed by atoms with Gasteiger partial charge in [0, 0.05) is 11.6 Å². The minimum Gasteiger partial charge on any atom is -0.507 e. The van der Waals surface area contributed by atoms with Crippen LogP contribution in [-0.2, 0) is 6.54 Å². The van der Waals surface area contributed by atoms with E-state index in [0.29, 0.717) is 27.3 Å². The molecular formula is C14H10BrClN2O. The molecule has 2 rings (SSSR count). The maximum atomic E-state index is 9.42. The lowest BCUT2D eigenvalue weighted by Gasteiger charge is -2.09. The van der Waals surface area contributed by atoms with E-state index in [9.17, 15) is 5.11 Å². The number of phenolic OH excluding ortho intramolecular Hbond substituents is 1. The van der Waals surface area contributed by atoms with Crippen LogP contribution in [0.3, 0.4) is 0 Å². The van der Waals surface area contributed by atoms with Gasteiger partial charge in [-0.3, -0.25) is 0 Å². The van der Waals surface area contributed by atoms with Gasteiger partial charge in [-0.25, -0.2) is 0 Å². The van der Waals surface area contributed by atoms with E-state index in [1.165, 1.54) is 0 Å². The minimum absolute atomic E-state index is 0.198. The number of hydrogen-bond donors (Lipinski definition) is 2. The first-order valence-corrected chi connectivity index (χ1v) is 6.68. The van der Waals surface area contributed by atoms with Crippen molar-refractivity contribution < 1.29 is 5.11 Å². The molecule has 0 aliphatic rings. The number of halogens is 2. The third-order valence-corrected chi connectivity index (χ3v) is 3.47. The van der Waals surface area contributed by atoms with Gasteiger partial charge in [-0.15, -0.1) is 0 Å². The third kappa shape index (κ3) is 3.40. The molecule has 96 valence electrons. The van der Waals surface area contributed by atoms with Gasteiger partial charge in [0.15, 0.2) is 0 Å².